The molecule has 0 N–H and O–H groups in total. The van der Waals surface area contributed by atoms with Crippen LogP contribution in [0.2, 0.25) is 0 Å². The third-order valence-electron chi connectivity index (χ3n) is 1.82. The second-order valence-electron chi connectivity index (χ2n) is 2.77. The van der Waals surface area contributed by atoms with Crippen molar-refractivity contribution in [3.05, 3.63) is 46.1 Å². The van der Waals surface area contributed by atoms with E-state index in [1.165, 1.54) is 12.1 Å². The topological polar surface area (TPSA) is 47.3 Å². The second-order valence-corrected chi connectivity index (χ2v) is 2.77. The van der Waals surface area contributed by atoms with E-state index in [0.717, 1.165) is 12.1 Å². The van der Waals surface area contributed by atoms with Crippen molar-refractivity contribution in [1.29, 1.82) is 0 Å². The number of hydrogen-bond acceptors (Lipinski definition) is 3. The summed E-state index contributed by atoms with van der Waals surface area (Å²) in [5.41, 5.74) is -0.214. The molecule has 0 aliphatic heterocycles. The van der Waals surface area contributed by atoms with Gasteiger partial charge < -0.3 is 4.42 Å². The van der Waals surface area contributed by atoms with Gasteiger partial charge >= 0.3 is 0 Å². The van der Waals surface area contributed by atoms with Crippen molar-refractivity contribution in [3.8, 4) is 0 Å². The number of rotatable bonds is 1. The van der Waals surface area contributed by atoms with Crippen molar-refractivity contribution in [2.45, 2.75) is 0 Å². The van der Waals surface area contributed by atoms with Crippen LogP contribution in [0.25, 0.3) is 11.0 Å². The van der Waals surface area contributed by atoms with Gasteiger partial charge in [-0.25, -0.2) is 4.39 Å². The van der Waals surface area contributed by atoms with E-state index in [4.69, 9.17) is 4.42 Å². The largest absolute Gasteiger partial charge is 0.453 e. The van der Waals surface area contributed by atoms with E-state index in [2.05, 4.69) is 0 Å². The van der Waals surface area contributed by atoms with Crippen LogP contribution in [-0.2, 0) is 0 Å². The lowest BCUT2D eigenvalue weighted by Crippen LogP contribution is -2.01. The molecule has 0 aliphatic carbocycles. The van der Waals surface area contributed by atoms with Gasteiger partial charge in [0.05, 0.1) is 5.39 Å². The summed E-state index contributed by atoms with van der Waals surface area (Å²) in [5.74, 6) is -0.572. The molecule has 1 heterocycles. The third-order valence-corrected chi connectivity index (χ3v) is 1.82. The number of fused-ring (bicyclic) bond motifs is 1. The Labute approximate surface area is 77.8 Å². The van der Waals surface area contributed by atoms with E-state index < -0.39 is 11.2 Å². The minimum atomic E-state index is -0.511. The minimum absolute atomic E-state index is 0.0610. The van der Waals surface area contributed by atoms with Crippen LogP contribution in [0.1, 0.15) is 10.6 Å². The quantitative estimate of drug-likeness (QED) is 0.646. The van der Waals surface area contributed by atoms with Gasteiger partial charge in [0.2, 0.25) is 0 Å². The number of hydrogen-bond donors (Lipinski definition) is 0. The summed E-state index contributed by atoms with van der Waals surface area (Å²) in [6, 6.07) is 4.60. The van der Waals surface area contributed by atoms with Crippen LogP contribution in [0, 0.1) is 5.82 Å². The molecule has 70 valence electrons. The Morgan fingerprint density at radius 3 is 2.79 bits per heavy atom. The Hall–Kier alpha value is -1.97. The van der Waals surface area contributed by atoms with Crippen molar-refractivity contribution < 1.29 is 13.6 Å². The van der Waals surface area contributed by atoms with E-state index in [-0.39, 0.29) is 16.7 Å². The maximum absolute atomic E-state index is 12.7. The average Bonchev–Trinajstić information content (AvgIpc) is 2.19. The predicted octanol–water partition coefficient (Wildman–Crippen LogP) is 1.74. The van der Waals surface area contributed by atoms with Gasteiger partial charge in [0, 0.05) is 6.07 Å². The van der Waals surface area contributed by atoms with Gasteiger partial charge in [-0.1, -0.05) is 0 Å². The lowest BCUT2D eigenvalue weighted by Gasteiger charge is -1.96. The van der Waals surface area contributed by atoms with Gasteiger partial charge in [0.25, 0.3) is 0 Å². The highest BCUT2D eigenvalue weighted by atomic mass is 19.1. The Morgan fingerprint density at radius 2 is 2.07 bits per heavy atom. The summed E-state index contributed by atoms with van der Waals surface area (Å²) in [6.07, 6.45) is 0.435. The van der Waals surface area contributed by atoms with Crippen molar-refractivity contribution in [1.82, 2.24) is 0 Å². The van der Waals surface area contributed by atoms with Gasteiger partial charge in [-0.2, -0.15) is 0 Å². The smallest absolute Gasteiger partial charge is 0.193 e. The molecule has 0 amide bonds. The Bertz CT molecular complexity index is 557. The molecular weight excluding hydrogens is 187 g/mol. The molecule has 0 aliphatic rings. The summed E-state index contributed by atoms with van der Waals surface area (Å²) >= 11 is 0. The molecule has 1 aromatic heterocycles. The number of benzene rings is 1. The molecule has 0 unspecified atom stereocenters. The SMILES string of the molecule is O=Cc1cc(=O)c2cc(F)ccc2o1. The molecule has 14 heavy (non-hydrogen) atoms. The molecule has 4 heteroatoms. The van der Waals surface area contributed by atoms with Crippen LogP contribution in [0.4, 0.5) is 4.39 Å². The van der Waals surface area contributed by atoms with E-state index in [9.17, 15) is 14.0 Å². The highest BCUT2D eigenvalue weighted by molar-refractivity contribution is 5.80. The van der Waals surface area contributed by atoms with Crippen molar-refractivity contribution in [2.24, 2.45) is 0 Å². The van der Waals surface area contributed by atoms with Crippen molar-refractivity contribution in [3.63, 3.8) is 0 Å². The monoisotopic (exact) mass is 192 g/mol. The number of halogens is 1. The first-order valence-corrected chi connectivity index (χ1v) is 3.89. The zero-order valence-electron chi connectivity index (χ0n) is 6.99. The van der Waals surface area contributed by atoms with Crippen LogP contribution in [0.15, 0.2) is 33.5 Å². The lowest BCUT2D eigenvalue weighted by molar-refractivity contribution is 0.110. The van der Waals surface area contributed by atoms with Crippen LogP contribution >= 0.6 is 0 Å². The lowest BCUT2D eigenvalue weighted by atomic mass is 10.2. The van der Waals surface area contributed by atoms with Gasteiger partial charge in [-0.05, 0) is 18.2 Å². The molecule has 2 aromatic rings. The van der Waals surface area contributed by atoms with Crippen molar-refractivity contribution in [2.75, 3.05) is 0 Å². The number of carbonyl (C=O) groups is 1. The first-order valence-electron chi connectivity index (χ1n) is 3.89. The van der Waals surface area contributed by atoms with Gasteiger partial charge in [-0.3, -0.25) is 9.59 Å². The van der Waals surface area contributed by atoms with E-state index in [0.29, 0.717) is 6.29 Å². The third kappa shape index (κ3) is 1.31. The van der Waals surface area contributed by atoms with E-state index >= 15 is 0 Å². The average molecular weight is 192 g/mol. The summed E-state index contributed by atoms with van der Waals surface area (Å²) < 4.78 is 17.8. The number of aldehydes is 1. The summed E-state index contributed by atoms with van der Waals surface area (Å²) in [5, 5.41) is 0.135. The zero-order valence-corrected chi connectivity index (χ0v) is 6.99. The first kappa shape index (κ1) is 8.62. The molecule has 0 radical (unpaired) electrons. The van der Waals surface area contributed by atoms with Crippen molar-refractivity contribution >= 4 is 17.3 Å². The highest BCUT2D eigenvalue weighted by Crippen LogP contribution is 2.12. The maximum atomic E-state index is 12.7. The fourth-order valence-electron chi connectivity index (χ4n) is 1.21. The fraction of sp³-hybridized carbons (Fsp3) is 0. The minimum Gasteiger partial charge on any atom is -0.453 e. The molecule has 1 aromatic carbocycles. The standard InChI is InChI=1S/C10H5FO3/c11-6-1-2-10-8(3-6)9(13)4-7(5-12)14-10/h1-5H. The fourth-order valence-corrected chi connectivity index (χ4v) is 1.21. The Morgan fingerprint density at radius 1 is 1.29 bits per heavy atom. The number of carbonyl (C=O) groups excluding carboxylic acids is 1. The summed E-state index contributed by atoms with van der Waals surface area (Å²) in [7, 11) is 0. The maximum Gasteiger partial charge on any atom is 0.193 e. The zero-order chi connectivity index (χ0) is 10.1. The molecule has 2 rings (SSSR count). The molecule has 0 saturated heterocycles. The molecule has 0 saturated carbocycles. The molecule has 0 atom stereocenters. The molecular formula is C10H5FO3. The van der Waals surface area contributed by atoms with E-state index in [1.54, 1.807) is 0 Å². The molecule has 3 nitrogen and oxygen atoms in total. The Kier molecular flexibility index (Phi) is 1.89. The normalized spacial score (nSPS) is 10.4. The predicted molar refractivity (Wildman–Crippen MR) is 47.8 cm³/mol. The molecule has 0 spiro atoms. The van der Waals surface area contributed by atoms with Gasteiger partial charge in [0.15, 0.2) is 17.5 Å². The van der Waals surface area contributed by atoms with Crippen LogP contribution in [0.5, 0.6) is 0 Å². The highest BCUT2D eigenvalue weighted by Gasteiger charge is 2.04. The second kappa shape index (κ2) is 3.06. The molecule has 0 fully saturated rings. The Balaban J connectivity index is 2.90. The first-order chi connectivity index (χ1) is 6.70. The molecule has 0 bridgehead atoms. The summed E-state index contributed by atoms with van der Waals surface area (Å²) in [6.45, 7) is 0. The summed E-state index contributed by atoms with van der Waals surface area (Å²) in [4.78, 5) is 21.7. The van der Waals surface area contributed by atoms with Gasteiger partial charge in [-0.15, -0.1) is 0 Å². The van der Waals surface area contributed by atoms with Crippen LogP contribution < -0.4 is 5.43 Å². The van der Waals surface area contributed by atoms with Crippen LogP contribution in [-0.4, -0.2) is 6.29 Å². The van der Waals surface area contributed by atoms with Gasteiger partial charge in [0.1, 0.15) is 11.4 Å². The van der Waals surface area contributed by atoms with E-state index in [1.807, 2.05) is 0 Å². The van der Waals surface area contributed by atoms with Crippen LogP contribution in [0.3, 0.4) is 0 Å².